The van der Waals surface area contributed by atoms with Crippen molar-refractivity contribution in [2.24, 2.45) is 0 Å². The highest BCUT2D eigenvalue weighted by molar-refractivity contribution is 7.22. The molecule has 0 aliphatic rings. The van der Waals surface area contributed by atoms with Crippen molar-refractivity contribution in [2.75, 3.05) is 0 Å². The van der Waals surface area contributed by atoms with Crippen LogP contribution in [0.4, 0.5) is 0 Å². The topological polar surface area (TPSA) is 73.8 Å². The number of nitrogens with zero attached hydrogens (tertiary/aromatic N) is 4. The second-order valence-corrected chi connectivity index (χ2v) is 6.74. The minimum atomic E-state index is -0.0859. The number of aromatic nitrogens is 4. The lowest BCUT2D eigenvalue weighted by Crippen LogP contribution is -2.21. The zero-order chi connectivity index (χ0) is 17.4. The minimum Gasteiger partial charge on any atom is -0.337 e. The van der Waals surface area contributed by atoms with Gasteiger partial charge in [0.15, 0.2) is 5.82 Å². The monoisotopic (exact) mass is 352 g/mol. The van der Waals surface area contributed by atoms with Gasteiger partial charge in [0.1, 0.15) is 11.4 Å². The van der Waals surface area contributed by atoms with Crippen molar-refractivity contribution < 1.29 is 4.52 Å². The number of fused-ring (bicyclic) bond motifs is 1. The average molecular weight is 352 g/mol. The number of thiophene rings is 1. The zero-order valence-corrected chi connectivity index (χ0v) is 14.7. The van der Waals surface area contributed by atoms with Gasteiger partial charge in [-0.3, -0.25) is 9.36 Å². The van der Waals surface area contributed by atoms with E-state index in [9.17, 15) is 4.79 Å². The normalized spacial score (nSPS) is 11.3. The molecule has 0 aliphatic carbocycles. The second kappa shape index (κ2) is 6.25. The highest BCUT2D eigenvalue weighted by Crippen LogP contribution is 2.35. The molecule has 1 aromatic carbocycles. The summed E-state index contributed by atoms with van der Waals surface area (Å²) in [6, 6.07) is 10.0. The highest BCUT2D eigenvalue weighted by atomic mass is 32.1. The van der Waals surface area contributed by atoms with Crippen LogP contribution in [0.15, 0.2) is 46.0 Å². The van der Waals surface area contributed by atoms with Gasteiger partial charge in [0.05, 0.1) is 11.7 Å². The maximum Gasteiger partial charge on any atom is 0.262 e. The number of hydrogen-bond donors (Lipinski definition) is 0. The van der Waals surface area contributed by atoms with Crippen molar-refractivity contribution >= 4 is 21.6 Å². The first-order chi connectivity index (χ1) is 12.2. The fourth-order valence-electron chi connectivity index (χ4n) is 2.78. The van der Waals surface area contributed by atoms with Gasteiger partial charge in [0.2, 0.25) is 5.89 Å². The third-order valence-electron chi connectivity index (χ3n) is 4.09. The van der Waals surface area contributed by atoms with E-state index in [1.165, 1.54) is 15.9 Å². The summed E-state index contributed by atoms with van der Waals surface area (Å²) in [5.41, 5.74) is 1.97. The molecule has 6 nitrogen and oxygen atoms in total. The van der Waals surface area contributed by atoms with E-state index >= 15 is 0 Å². The van der Waals surface area contributed by atoms with Crippen LogP contribution in [-0.4, -0.2) is 19.7 Å². The summed E-state index contributed by atoms with van der Waals surface area (Å²) in [6.07, 6.45) is 2.24. The summed E-state index contributed by atoms with van der Waals surface area (Å²) >= 11 is 1.54. The quantitative estimate of drug-likeness (QED) is 0.562. The maximum absolute atomic E-state index is 12.9. The van der Waals surface area contributed by atoms with Gasteiger partial charge in [-0.25, -0.2) is 4.98 Å². The maximum atomic E-state index is 12.9. The lowest BCUT2D eigenvalue weighted by molar-refractivity contribution is 0.365. The van der Waals surface area contributed by atoms with E-state index < -0.39 is 0 Å². The van der Waals surface area contributed by atoms with Crippen LogP contribution in [0.1, 0.15) is 24.2 Å². The van der Waals surface area contributed by atoms with Gasteiger partial charge in [-0.15, -0.1) is 11.3 Å². The van der Waals surface area contributed by atoms with Gasteiger partial charge in [0, 0.05) is 11.3 Å². The van der Waals surface area contributed by atoms with E-state index in [-0.39, 0.29) is 12.1 Å². The van der Waals surface area contributed by atoms with Gasteiger partial charge < -0.3 is 4.52 Å². The average Bonchev–Trinajstić information content (AvgIpc) is 3.23. The molecule has 25 heavy (non-hydrogen) atoms. The Bertz CT molecular complexity index is 1100. The molecular formula is C18H16N4O2S. The van der Waals surface area contributed by atoms with Crippen molar-refractivity contribution in [3.05, 3.63) is 64.3 Å². The molecule has 3 aromatic heterocycles. The smallest absolute Gasteiger partial charge is 0.262 e. The predicted molar refractivity (Wildman–Crippen MR) is 96.8 cm³/mol. The Morgan fingerprint density at radius 1 is 1.24 bits per heavy atom. The van der Waals surface area contributed by atoms with E-state index in [2.05, 4.69) is 15.1 Å². The van der Waals surface area contributed by atoms with Crippen LogP contribution < -0.4 is 5.56 Å². The number of benzene rings is 1. The summed E-state index contributed by atoms with van der Waals surface area (Å²) in [5.74, 6) is 1.05. The Morgan fingerprint density at radius 2 is 2.04 bits per heavy atom. The molecule has 0 N–H and O–H groups in total. The fraction of sp³-hybridized carbons (Fsp3) is 0.222. The van der Waals surface area contributed by atoms with Crippen molar-refractivity contribution in [2.45, 2.75) is 26.8 Å². The van der Waals surface area contributed by atoms with Gasteiger partial charge in [-0.1, -0.05) is 42.4 Å². The number of hydrogen-bond acceptors (Lipinski definition) is 6. The molecule has 0 radical (unpaired) electrons. The van der Waals surface area contributed by atoms with Crippen molar-refractivity contribution in [1.82, 2.24) is 19.7 Å². The first-order valence-electron chi connectivity index (χ1n) is 8.02. The standard InChI is InChI=1S/C18H16N4O2S/c1-3-13-20-14(24-21-13)9-22-10-19-17-15(18(22)23)11(2)16(25-17)12-7-5-4-6-8-12/h4-8,10H,3,9H2,1-2H3. The van der Waals surface area contributed by atoms with Crippen LogP contribution in [0.5, 0.6) is 0 Å². The molecule has 0 spiro atoms. The molecule has 4 rings (SSSR count). The molecule has 4 aromatic rings. The van der Waals surface area contributed by atoms with Crippen molar-refractivity contribution in [1.29, 1.82) is 0 Å². The molecule has 0 saturated carbocycles. The summed E-state index contributed by atoms with van der Waals surface area (Å²) in [7, 11) is 0. The van der Waals surface area contributed by atoms with Crippen molar-refractivity contribution in [3.63, 3.8) is 0 Å². The van der Waals surface area contributed by atoms with E-state index in [0.717, 1.165) is 20.8 Å². The summed E-state index contributed by atoms with van der Waals surface area (Å²) in [5, 5.41) is 4.52. The molecule has 0 atom stereocenters. The largest absolute Gasteiger partial charge is 0.337 e. The lowest BCUT2D eigenvalue weighted by Gasteiger charge is -2.02. The second-order valence-electron chi connectivity index (χ2n) is 5.74. The SMILES string of the molecule is CCc1noc(Cn2cnc3sc(-c4ccccc4)c(C)c3c2=O)n1. The van der Waals surface area contributed by atoms with Crippen LogP contribution in [0.3, 0.4) is 0 Å². The Kier molecular flexibility index (Phi) is 3.93. The van der Waals surface area contributed by atoms with Gasteiger partial charge >= 0.3 is 0 Å². The van der Waals surface area contributed by atoms with E-state index in [4.69, 9.17) is 4.52 Å². The molecule has 0 bridgehead atoms. The molecule has 0 unspecified atom stereocenters. The first kappa shape index (κ1) is 15.7. The van der Waals surface area contributed by atoms with Gasteiger partial charge in [0.25, 0.3) is 5.56 Å². The van der Waals surface area contributed by atoms with E-state index in [0.29, 0.717) is 23.5 Å². The van der Waals surface area contributed by atoms with Gasteiger partial charge in [-0.05, 0) is 18.1 Å². The first-order valence-corrected chi connectivity index (χ1v) is 8.84. The van der Waals surface area contributed by atoms with Crippen LogP contribution in [0.2, 0.25) is 0 Å². The number of aryl methyl sites for hydroxylation is 2. The Morgan fingerprint density at radius 3 is 2.76 bits per heavy atom. The van der Waals surface area contributed by atoms with Crippen molar-refractivity contribution in [3.8, 4) is 10.4 Å². The Hall–Kier alpha value is -2.80. The minimum absolute atomic E-state index is 0.0859. The molecule has 0 amide bonds. The zero-order valence-electron chi connectivity index (χ0n) is 13.9. The lowest BCUT2D eigenvalue weighted by atomic mass is 10.1. The Labute approximate surface area is 147 Å². The van der Waals surface area contributed by atoms with Crippen LogP contribution in [0, 0.1) is 6.92 Å². The van der Waals surface area contributed by atoms with E-state index in [1.54, 1.807) is 6.33 Å². The molecule has 126 valence electrons. The van der Waals surface area contributed by atoms with E-state index in [1.807, 2.05) is 44.2 Å². The molecule has 7 heteroatoms. The third kappa shape index (κ3) is 2.76. The number of rotatable bonds is 4. The van der Waals surface area contributed by atoms with Crippen LogP contribution in [0.25, 0.3) is 20.7 Å². The molecular weight excluding hydrogens is 336 g/mol. The van der Waals surface area contributed by atoms with Gasteiger partial charge in [-0.2, -0.15) is 4.98 Å². The molecule has 0 aliphatic heterocycles. The summed E-state index contributed by atoms with van der Waals surface area (Å²) in [4.78, 5) is 23.5. The molecule has 0 fully saturated rings. The molecule has 0 saturated heterocycles. The predicted octanol–water partition coefficient (Wildman–Crippen LogP) is 3.43. The van der Waals surface area contributed by atoms with Crippen LogP contribution in [-0.2, 0) is 13.0 Å². The summed E-state index contributed by atoms with van der Waals surface area (Å²) < 4.78 is 6.70. The third-order valence-corrected chi connectivity index (χ3v) is 5.33. The fourth-order valence-corrected chi connectivity index (χ4v) is 3.93. The summed E-state index contributed by atoms with van der Waals surface area (Å²) in [6.45, 7) is 4.15. The highest BCUT2D eigenvalue weighted by Gasteiger charge is 2.16. The molecule has 3 heterocycles. The Balaban J connectivity index is 1.80. The van der Waals surface area contributed by atoms with Crippen LogP contribution >= 0.6 is 11.3 Å².